The quantitative estimate of drug-likeness (QED) is 0.549. The Hall–Kier alpha value is -3.37. The van der Waals surface area contributed by atoms with Crippen LogP contribution in [0.5, 0.6) is 11.5 Å². The first-order valence-corrected chi connectivity index (χ1v) is 11.9. The molecule has 0 N–H and O–H groups in total. The Morgan fingerprint density at radius 1 is 0.909 bits per heavy atom. The molecule has 0 radical (unpaired) electrons. The van der Waals surface area contributed by atoms with Crippen molar-refractivity contribution in [3.8, 4) is 17.2 Å². The highest BCUT2D eigenvalue weighted by atomic mass is 32.2. The normalized spacial score (nSPS) is 14.8. The molecular weight excluding hydrogens is 444 g/mol. The molecule has 33 heavy (non-hydrogen) atoms. The maximum Gasteiger partial charge on any atom is 0.274 e. The monoisotopic (exact) mass is 470 g/mol. The molecule has 1 saturated heterocycles. The van der Waals surface area contributed by atoms with Crippen molar-refractivity contribution in [3.63, 3.8) is 0 Å². The summed E-state index contributed by atoms with van der Waals surface area (Å²) in [5, 5.41) is 4.47. The highest BCUT2D eigenvalue weighted by Gasteiger charge is 2.32. The number of sulfonamides is 1. The second-order valence-electron chi connectivity index (χ2n) is 7.63. The highest BCUT2D eigenvalue weighted by molar-refractivity contribution is 7.89. The second kappa shape index (κ2) is 9.24. The van der Waals surface area contributed by atoms with Crippen molar-refractivity contribution < 1.29 is 22.7 Å². The zero-order chi connectivity index (χ0) is 23.6. The summed E-state index contributed by atoms with van der Waals surface area (Å²) in [7, 11) is -0.781. The Kier molecular flexibility index (Phi) is 6.39. The van der Waals surface area contributed by atoms with Crippen LogP contribution >= 0.6 is 0 Å². The molecule has 1 fully saturated rings. The maximum absolute atomic E-state index is 13.1. The number of methoxy groups -OCH3 is 2. The zero-order valence-corrected chi connectivity index (χ0v) is 19.6. The molecule has 174 valence electrons. The van der Waals surface area contributed by atoms with E-state index in [2.05, 4.69) is 5.10 Å². The summed E-state index contributed by atoms with van der Waals surface area (Å²) in [5.41, 5.74) is 2.06. The number of aromatic nitrogens is 2. The van der Waals surface area contributed by atoms with Crippen LogP contribution in [-0.2, 0) is 10.0 Å². The number of piperazine rings is 1. The fourth-order valence-electron chi connectivity index (χ4n) is 3.83. The lowest BCUT2D eigenvalue weighted by molar-refractivity contribution is 0.0691. The zero-order valence-electron chi connectivity index (χ0n) is 18.8. The number of nitrogens with zero attached hydrogens (tertiary/aromatic N) is 4. The molecule has 1 amide bonds. The summed E-state index contributed by atoms with van der Waals surface area (Å²) in [6.07, 6.45) is 0. The summed E-state index contributed by atoms with van der Waals surface area (Å²) in [4.78, 5) is 14.8. The molecule has 0 unspecified atom stereocenters. The number of hydrogen-bond acceptors (Lipinski definition) is 6. The van der Waals surface area contributed by atoms with E-state index in [-0.39, 0.29) is 37.0 Å². The van der Waals surface area contributed by atoms with Crippen LogP contribution in [0, 0.1) is 6.92 Å². The summed E-state index contributed by atoms with van der Waals surface area (Å²) in [6, 6.07) is 15.9. The number of carbonyl (C=O) groups is 1. The van der Waals surface area contributed by atoms with Crippen molar-refractivity contribution in [1.82, 2.24) is 19.0 Å². The smallest absolute Gasteiger partial charge is 0.274 e. The van der Waals surface area contributed by atoms with Crippen molar-refractivity contribution in [1.29, 1.82) is 0 Å². The predicted octanol–water partition coefficient (Wildman–Crippen LogP) is 2.34. The lowest BCUT2D eigenvalue weighted by atomic mass is 10.3. The van der Waals surface area contributed by atoms with Gasteiger partial charge in [0.05, 0.1) is 24.8 Å². The van der Waals surface area contributed by atoms with Crippen LogP contribution in [0.3, 0.4) is 0 Å². The fraction of sp³-hybridized carbons (Fsp3) is 0.304. The minimum Gasteiger partial charge on any atom is -0.493 e. The molecule has 9 nitrogen and oxygen atoms in total. The van der Waals surface area contributed by atoms with E-state index in [1.54, 1.807) is 21.7 Å². The first-order chi connectivity index (χ1) is 15.8. The summed E-state index contributed by atoms with van der Waals surface area (Å²) in [6.45, 7) is 2.84. The molecule has 0 bridgehead atoms. The number of benzene rings is 2. The van der Waals surface area contributed by atoms with Crippen LogP contribution in [-0.4, -0.2) is 73.7 Å². The molecule has 4 rings (SSSR count). The number of hydrogen-bond donors (Lipinski definition) is 0. The lowest BCUT2D eigenvalue weighted by Crippen LogP contribution is -2.50. The van der Waals surface area contributed by atoms with Crippen LogP contribution in [0.2, 0.25) is 0 Å². The van der Waals surface area contributed by atoms with Gasteiger partial charge in [-0.3, -0.25) is 4.79 Å². The number of aryl methyl sites for hydroxylation is 1. The van der Waals surface area contributed by atoms with Gasteiger partial charge in [0.25, 0.3) is 5.91 Å². The van der Waals surface area contributed by atoms with Crippen molar-refractivity contribution >= 4 is 15.9 Å². The fourth-order valence-corrected chi connectivity index (χ4v) is 5.27. The molecule has 0 spiro atoms. The van der Waals surface area contributed by atoms with E-state index >= 15 is 0 Å². The Bertz CT molecular complexity index is 1250. The summed E-state index contributed by atoms with van der Waals surface area (Å²) < 4.78 is 39.8. The van der Waals surface area contributed by atoms with Gasteiger partial charge in [-0.05, 0) is 37.3 Å². The van der Waals surface area contributed by atoms with Gasteiger partial charge in [0.1, 0.15) is 0 Å². The van der Waals surface area contributed by atoms with Gasteiger partial charge in [0.15, 0.2) is 17.2 Å². The van der Waals surface area contributed by atoms with Gasteiger partial charge in [0.2, 0.25) is 10.0 Å². The van der Waals surface area contributed by atoms with Gasteiger partial charge < -0.3 is 14.4 Å². The Balaban J connectivity index is 1.46. The van der Waals surface area contributed by atoms with Crippen LogP contribution in [0.15, 0.2) is 59.5 Å². The number of rotatable bonds is 6. The second-order valence-corrected chi connectivity index (χ2v) is 9.57. The van der Waals surface area contributed by atoms with Gasteiger partial charge in [-0.1, -0.05) is 18.2 Å². The van der Waals surface area contributed by atoms with Crippen LogP contribution < -0.4 is 9.47 Å². The van der Waals surface area contributed by atoms with Crippen LogP contribution in [0.25, 0.3) is 5.69 Å². The molecule has 0 atom stereocenters. The van der Waals surface area contributed by atoms with Gasteiger partial charge in [-0.25, -0.2) is 13.1 Å². The topological polar surface area (TPSA) is 94.0 Å². The highest BCUT2D eigenvalue weighted by Crippen LogP contribution is 2.31. The van der Waals surface area contributed by atoms with E-state index in [0.717, 1.165) is 11.4 Å². The van der Waals surface area contributed by atoms with Crippen molar-refractivity contribution in [2.45, 2.75) is 11.8 Å². The Morgan fingerprint density at radius 3 is 2.21 bits per heavy atom. The molecule has 10 heteroatoms. The third-order valence-electron chi connectivity index (χ3n) is 5.63. The number of amides is 1. The van der Waals surface area contributed by atoms with Gasteiger partial charge in [0, 0.05) is 37.9 Å². The predicted molar refractivity (Wildman–Crippen MR) is 123 cm³/mol. The Morgan fingerprint density at radius 2 is 1.58 bits per heavy atom. The molecule has 0 aliphatic carbocycles. The molecule has 1 aliphatic rings. The van der Waals surface area contributed by atoms with Crippen LogP contribution in [0.1, 0.15) is 16.2 Å². The largest absolute Gasteiger partial charge is 0.493 e. The molecule has 2 heterocycles. The average Bonchev–Trinajstić information content (AvgIpc) is 3.25. The first kappa shape index (κ1) is 22.8. The van der Waals surface area contributed by atoms with E-state index in [9.17, 15) is 13.2 Å². The van der Waals surface area contributed by atoms with E-state index in [1.165, 1.54) is 30.7 Å². The standard InChI is InChI=1S/C23H26N4O5S/c1-17-15-20(24-27(17)18-7-5-4-6-8-18)23(28)25-11-13-26(14-12-25)33(29,30)19-9-10-21(31-2)22(16-19)32-3/h4-10,15-16H,11-14H2,1-3H3. The van der Waals surface area contributed by atoms with Crippen LogP contribution in [0.4, 0.5) is 0 Å². The average molecular weight is 471 g/mol. The number of para-hydroxylation sites is 1. The van der Waals surface area contributed by atoms with Gasteiger partial charge >= 0.3 is 0 Å². The maximum atomic E-state index is 13.1. The number of carbonyl (C=O) groups excluding carboxylic acids is 1. The van der Waals surface area contributed by atoms with Crippen molar-refractivity contribution in [2.75, 3.05) is 40.4 Å². The molecular formula is C23H26N4O5S. The lowest BCUT2D eigenvalue weighted by Gasteiger charge is -2.33. The molecule has 3 aromatic rings. The van der Waals surface area contributed by atoms with E-state index in [0.29, 0.717) is 17.2 Å². The summed E-state index contributed by atoms with van der Waals surface area (Å²) >= 11 is 0. The van der Waals surface area contributed by atoms with E-state index in [4.69, 9.17) is 9.47 Å². The van der Waals surface area contributed by atoms with E-state index in [1.807, 2.05) is 37.3 Å². The molecule has 0 saturated carbocycles. The summed E-state index contributed by atoms with van der Waals surface area (Å²) in [5.74, 6) is 0.588. The molecule has 2 aromatic carbocycles. The minimum absolute atomic E-state index is 0.122. The minimum atomic E-state index is -3.73. The van der Waals surface area contributed by atoms with Gasteiger partial charge in [-0.2, -0.15) is 9.40 Å². The van der Waals surface area contributed by atoms with Crippen molar-refractivity contribution in [3.05, 3.63) is 66.0 Å². The van der Waals surface area contributed by atoms with Gasteiger partial charge in [-0.15, -0.1) is 0 Å². The van der Waals surface area contributed by atoms with E-state index < -0.39 is 10.0 Å². The third kappa shape index (κ3) is 4.44. The molecule has 1 aromatic heterocycles. The first-order valence-electron chi connectivity index (χ1n) is 10.5. The number of ether oxygens (including phenoxy) is 2. The third-order valence-corrected chi connectivity index (χ3v) is 7.52. The Labute approximate surface area is 193 Å². The SMILES string of the molecule is COc1ccc(S(=O)(=O)N2CCN(C(=O)c3cc(C)n(-c4ccccc4)n3)CC2)cc1OC. The van der Waals surface area contributed by atoms with Crippen molar-refractivity contribution in [2.24, 2.45) is 0 Å². The molecule has 1 aliphatic heterocycles.